The van der Waals surface area contributed by atoms with Crippen molar-refractivity contribution in [2.45, 2.75) is 39.0 Å². The van der Waals surface area contributed by atoms with E-state index in [1.54, 1.807) is 6.26 Å². The van der Waals surface area contributed by atoms with Crippen LogP contribution in [0.15, 0.2) is 16.7 Å². The fraction of sp³-hybridized carbons (Fsp3) is 0.714. The highest BCUT2D eigenvalue weighted by Gasteiger charge is 2.19. The molecule has 18 heavy (non-hydrogen) atoms. The minimum Gasteiger partial charge on any atom is -0.468 e. The zero-order valence-electron chi connectivity index (χ0n) is 11.4. The Labute approximate surface area is 109 Å². The van der Waals surface area contributed by atoms with Gasteiger partial charge in [-0.05, 0) is 26.0 Å². The van der Waals surface area contributed by atoms with Gasteiger partial charge in [-0.2, -0.15) is 0 Å². The van der Waals surface area contributed by atoms with Crippen molar-refractivity contribution in [2.75, 3.05) is 26.7 Å². The number of rotatable bonds is 5. The standard InChI is InChI=1S/C14H24N2O2/c1-3-13-10-16(6-4-7-17-13)11-14-12(9-15-2)5-8-18-14/h5,8,13,15H,3-4,6-7,9-11H2,1-2H3. The van der Waals surface area contributed by atoms with Crippen LogP contribution in [0.25, 0.3) is 0 Å². The molecular weight excluding hydrogens is 228 g/mol. The van der Waals surface area contributed by atoms with Crippen molar-refractivity contribution in [1.82, 2.24) is 10.2 Å². The van der Waals surface area contributed by atoms with Crippen molar-refractivity contribution in [2.24, 2.45) is 0 Å². The van der Waals surface area contributed by atoms with Gasteiger partial charge in [0.2, 0.25) is 0 Å². The van der Waals surface area contributed by atoms with Gasteiger partial charge in [-0.25, -0.2) is 0 Å². The summed E-state index contributed by atoms with van der Waals surface area (Å²) in [6.45, 7) is 6.94. The van der Waals surface area contributed by atoms with Gasteiger partial charge in [0.05, 0.1) is 18.9 Å². The average Bonchev–Trinajstić information content (AvgIpc) is 2.67. The fourth-order valence-corrected chi connectivity index (χ4v) is 2.42. The van der Waals surface area contributed by atoms with E-state index in [2.05, 4.69) is 23.2 Å². The van der Waals surface area contributed by atoms with E-state index in [4.69, 9.17) is 9.15 Å². The van der Waals surface area contributed by atoms with Crippen LogP contribution in [-0.4, -0.2) is 37.7 Å². The molecule has 4 nitrogen and oxygen atoms in total. The van der Waals surface area contributed by atoms with Gasteiger partial charge in [-0.15, -0.1) is 0 Å². The van der Waals surface area contributed by atoms with Crippen LogP contribution in [-0.2, 0) is 17.8 Å². The van der Waals surface area contributed by atoms with E-state index in [0.29, 0.717) is 6.10 Å². The first kappa shape index (κ1) is 13.6. The van der Waals surface area contributed by atoms with E-state index in [1.165, 1.54) is 5.56 Å². The normalized spacial score (nSPS) is 22.0. The third kappa shape index (κ3) is 3.57. The Morgan fingerprint density at radius 1 is 1.50 bits per heavy atom. The lowest BCUT2D eigenvalue weighted by molar-refractivity contribution is 0.0501. The molecule has 0 spiro atoms. The van der Waals surface area contributed by atoms with E-state index in [1.807, 2.05) is 7.05 Å². The molecule has 1 unspecified atom stereocenters. The molecule has 0 saturated carbocycles. The highest BCUT2D eigenvalue weighted by molar-refractivity contribution is 5.16. The van der Waals surface area contributed by atoms with Gasteiger partial charge in [-0.3, -0.25) is 4.90 Å². The highest BCUT2D eigenvalue weighted by Crippen LogP contribution is 2.16. The zero-order chi connectivity index (χ0) is 12.8. The summed E-state index contributed by atoms with van der Waals surface area (Å²) in [6, 6.07) is 2.05. The Morgan fingerprint density at radius 3 is 3.17 bits per heavy atom. The van der Waals surface area contributed by atoms with Crippen LogP contribution in [0.5, 0.6) is 0 Å². The molecule has 102 valence electrons. The van der Waals surface area contributed by atoms with Crippen molar-refractivity contribution >= 4 is 0 Å². The van der Waals surface area contributed by atoms with Crippen LogP contribution in [0.4, 0.5) is 0 Å². The third-order valence-corrected chi connectivity index (χ3v) is 3.46. The number of ether oxygens (including phenoxy) is 1. The van der Waals surface area contributed by atoms with E-state index in [-0.39, 0.29) is 0 Å². The van der Waals surface area contributed by atoms with Gasteiger partial charge in [0.15, 0.2) is 0 Å². The second-order valence-corrected chi connectivity index (χ2v) is 4.89. The molecule has 2 heterocycles. The van der Waals surface area contributed by atoms with Gasteiger partial charge in [0, 0.05) is 31.8 Å². The van der Waals surface area contributed by atoms with Gasteiger partial charge >= 0.3 is 0 Å². The Balaban J connectivity index is 1.96. The fourth-order valence-electron chi connectivity index (χ4n) is 2.42. The summed E-state index contributed by atoms with van der Waals surface area (Å²) in [5, 5.41) is 3.18. The number of nitrogens with zero attached hydrogens (tertiary/aromatic N) is 1. The maximum atomic E-state index is 5.79. The molecule has 0 aliphatic carbocycles. The van der Waals surface area contributed by atoms with Crippen LogP contribution < -0.4 is 5.32 Å². The van der Waals surface area contributed by atoms with E-state index in [0.717, 1.165) is 51.4 Å². The molecule has 4 heteroatoms. The number of furan rings is 1. The molecule has 1 aromatic heterocycles. The zero-order valence-corrected chi connectivity index (χ0v) is 11.4. The lowest BCUT2D eigenvalue weighted by Crippen LogP contribution is -2.31. The molecule has 0 radical (unpaired) electrons. The topological polar surface area (TPSA) is 37.6 Å². The van der Waals surface area contributed by atoms with Gasteiger partial charge in [-0.1, -0.05) is 6.92 Å². The second kappa shape index (κ2) is 6.92. The Kier molecular flexibility index (Phi) is 5.23. The van der Waals surface area contributed by atoms with Crippen LogP contribution >= 0.6 is 0 Å². The summed E-state index contributed by atoms with van der Waals surface area (Å²) < 4.78 is 11.4. The molecule has 2 rings (SSSR count). The van der Waals surface area contributed by atoms with Crippen LogP contribution in [0.3, 0.4) is 0 Å². The quantitative estimate of drug-likeness (QED) is 0.870. The molecule has 0 bridgehead atoms. The van der Waals surface area contributed by atoms with E-state index >= 15 is 0 Å². The van der Waals surface area contributed by atoms with E-state index in [9.17, 15) is 0 Å². The molecule has 1 aliphatic rings. The molecule has 1 saturated heterocycles. The molecule has 1 N–H and O–H groups in total. The van der Waals surface area contributed by atoms with Gasteiger partial charge < -0.3 is 14.5 Å². The number of hydrogen-bond acceptors (Lipinski definition) is 4. The lowest BCUT2D eigenvalue weighted by atomic mass is 10.2. The Bertz CT molecular complexity index is 351. The van der Waals surface area contributed by atoms with E-state index < -0.39 is 0 Å². The van der Waals surface area contributed by atoms with Gasteiger partial charge in [0.1, 0.15) is 5.76 Å². The van der Waals surface area contributed by atoms with Crippen molar-refractivity contribution in [3.05, 3.63) is 23.7 Å². The smallest absolute Gasteiger partial charge is 0.122 e. The summed E-state index contributed by atoms with van der Waals surface area (Å²) in [5.74, 6) is 1.08. The summed E-state index contributed by atoms with van der Waals surface area (Å²) in [6.07, 6.45) is 4.35. The highest BCUT2D eigenvalue weighted by atomic mass is 16.5. The number of nitrogens with one attached hydrogen (secondary N) is 1. The van der Waals surface area contributed by atoms with Crippen molar-refractivity contribution in [3.8, 4) is 0 Å². The number of hydrogen-bond donors (Lipinski definition) is 1. The predicted molar refractivity (Wildman–Crippen MR) is 71.4 cm³/mol. The first-order valence-corrected chi connectivity index (χ1v) is 6.87. The maximum Gasteiger partial charge on any atom is 0.122 e. The molecule has 1 aromatic rings. The average molecular weight is 252 g/mol. The predicted octanol–water partition coefficient (Wildman–Crippen LogP) is 2.00. The minimum atomic E-state index is 0.371. The van der Waals surface area contributed by atoms with Crippen molar-refractivity contribution in [3.63, 3.8) is 0 Å². The summed E-state index contributed by atoms with van der Waals surface area (Å²) in [4.78, 5) is 2.44. The Hall–Kier alpha value is -0.840. The molecular formula is C14H24N2O2. The largest absolute Gasteiger partial charge is 0.468 e. The second-order valence-electron chi connectivity index (χ2n) is 4.89. The van der Waals surface area contributed by atoms with Crippen LogP contribution in [0, 0.1) is 0 Å². The lowest BCUT2D eigenvalue weighted by Gasteiger charge is -2.22. The third-order valence-electron chi connectivity index (χ3n) is 3.46. The molecule has 1 atom stereocenters. The minimum absolute atomic E-state index is 0.371. The molecule has 1 aliphatic heterocycles. The monoisotopic (exact) mass is 252 g/mol. The van der Waals surface area contributed by atoms with Gasteiger partial charge in [0.25, 0.3) is 0 Å². The summed E-state index contributed by atoms with van der Waals surface area (Å²) in [7, 11) is 1.96. The summed E-state index contributed by atoms with van der Waals surface area (Å²) in [5.41, 5.74) is 1.26. The van der Waals surface area contributed by atoms with Crippen molar-refractivity contribution < 1.29 is 9.15 Å². The van der Waals surface area contributed by atoms with Crippen molar-refractivity contribution in [1.29, 1.82) is 0 Å². The maximum absolute atomic E-state index is 5.79. The van der Waals surface area contributed by atoms with Crippen LogP contribution in [0.1, 0.15) is 31.1 Å². The Morgan fingerprint density at radius 2 is 2.39 bits per heavy atom. The molecule has 0 amide bonds. The molecule has 0 aromatic carbocycles. The van der Waals surface area contributed by atoms with Crippen LogP contribution in [0.2, 0.25) is 0 Å². The first-order chi connectivity index (χ1) is 8.83. The first-order valence-electron chi connectivity index (χ1n) is 6.87. The SMILES string of the molecule is CCC1CN(Cc2occc2CNC)CCCO1. The summed E-state index contributed by atoms with van der Waals surface area (Å²) >= 11 is 0. The molecule has 1 fully saturated rings.